The predicted octanol–water partition coefficient (Wildman–Crippen LogP) is 9.23. The third kappa shape index (κ3) is 11.4. The fourth-order valence-electron chi connectivity index (χ4n) is 8.01. The van der Waals surface area contributed by atoms with E-state index < -0.39 is 0 Å². The number of hydrogen-bond acceptors (Lipinski definition) is 6. The number of hydrogen-bond donors (Lipinski definition) is 4. The third-order valence-electron chi connectivity index (χ3n) is 11.4. The van der Waals surface area contributed by atoms with Gasteiger partial charge in [-0.05, 0) is 66.3 Å². The molecule has 3 fully saturated rings. The number of piperidine rings is 1. The fraction of sp³-hybridized carbons (Fsp3) is 0.714. The van der Waals surface area contributed by atoms with Crippen molar-refractivity contribution >= 4 is 0 Å². The lowest BCUT2D eigenvalue weighted by Crippen LogP contribution is -2.52. The summed E-state index contributed by atoms with van der Waals surface area (Å²) >= 11 is 0. The number of fused-ring (bicyclic) bond motifs is 1. The van der Waals surface area contributed by atoms with Crippen molar-refractivity contribution in [2.75, 3.05) is 20.2 Å². The second-order valence-electron chi connectivity index (χ2n) is 16.0. The Morgan fingerprint density at radius 1 is 0.958 bits per heavy atom. The maximum absolute atomic E-state index is 6.14. The summed E-state index contributed by atoms with van der Waals surface area (Å²) < 4.78 is 5.41. The van der Waals surface area contributed by atoms with Crippen molar-refractivity contribution in [1.29, 1.82) is 0 Å². The molecule has 0 bridgehead atoms. The Balaban J connectivity index is 0.00000392. The summed E-state index contributed by atoms with van der Waals surface area (Å²) in [4.78, 5) is 2.53. The van der Waals surface area contributed by atoms with Gasteiger partial charge >= 0.3 is 0 Å². The molecule has 0 spiro atoms. The number of ether oxygens (including phenoxy) is 1. The first kappa shape index (κ1) is 41.4. The molecule has 1 heterocycles. The molecule has 0 aromatic rings. The van der Waals surface area contributed by atoms with Gasteiger partial charge < -0.3 is 31.3 Å². The Morgan fingerprint density at radius 3 is 2.12 bits per heavy atom. The molecule has 2 aliphatic carbocycles. The SMILES string of the molecule is C=C(NC(CCC(=C)OC)C1CCCCC1)NC(C(=C)N1CC(C(=C)NC(CC(C)CC)C(=C)C(=C)N)[C@H]2C(C)[C@H]2C1)C(C)(C)C.CC. The summed E-state index contributed by atoms with van der Waals surface area (Å²) in [7, 11) is 1.71. The van der Waals surface area contributed by atoms with Crippen molar-refractivity contribution in [2.45, 2.75) is 131 Å². The van der Waals surface area contributed by atoms with Crippen molar-refractivity contribution in [1.82, 2.24) is 20.9 Å². The molecule has 6 heteroatoms. The molecule has 6 unspecified atom stereocenters. The summed E-state index contributed by atoms with van der Waals surface area (Å²) in [5, 5.41) is 11.4. The van der Waals surface area contributed by atoms with Gasteiger partial charge in [-0.15, -0.1) is 0 Å². The molecule has 48 heavy (non-hydrogen) atoms. The molecule has 6 nitrogen and oxygen atoms in total. The van der Waals surface area contributed by atoms with E-state index in [4.69, 9.17) is 17.0 Å². The predicted molar refractivity (Wildman–Crippen MR) is 209 cm³/mol. The summed E-state index contributed by atoms with van der Waals surface area (Å²) in [6.07, 6.45) is 10.4. The van der Waals surface area contributed by atoms with Crippen LogP contribution in [0.4, 0.5) is 0 Å². The molecule has 274 valence electrons. The van der Waals surface area contributed by atoms with E-state index in [0.29, 0.717) is 47.2 Å². The highest BCUT2D eigenvalue weighted by Gasteiger charge is 2.56. The van der Waals surface area contributed by atoms with Gasteiger partial charge in [-0.25, -0.2) is 0 Å². The minimum absolute atomic E-state index is 0.0272. The number of nitrogens with zero attached hydrogens (tertiary/aromatic N) is 1. The normalized spacial score (nSPS) is 24.6. The van der Waals surface area contributed by atoms with E-state index in [9.17, 15) is 0 Å². The van der Waals surface area contributed by atoms with E-state index in [2.05, 4.69) is 95.3 Å². The number of nitrogens with one attached hydrogen (secondary N) is 3. The Morgan fingerprint density at radius 2 is 1.58 bits per heavy atom. The molecule has 2 saturated carbocycles. The topological polar surface area (TPSA) is 74.6 Å². The van der Waals surface area contributed by atoms with Crippen LogP contribution < -0.4 is 21.7 Å². The third-order valence-corrected chi connectivity index (χ3v) is 11.4. The van der Waals surface area contributed by atoms with Crippen molar-refractivity contribution in [3.8, 4) is 0 Å². The first-order valence-electron chi connectivity index (χ1n) is 19.0. The Kier molecular flexibility index (Phi) is 16.3. The first-order valence-corrected chi connectivity index (χ1v) is 19.0. The maximum atomic E-state index is 6.14. The smallest absolute Gasteiger partial charge is 0.0920 e. The van der Waals surface area contributed by atoms with Gasteiger partial charge in [-0.1, -0.05) is 121 Å². The van der Waals surface area contributed by atoms with E-state index in [1.165, 1.54) is 32.1 Å². The standard InChI is InChI=1S/C40H69N5O.C2H6/c1-14-25(2)22-37(27(4)29(6)41)42-30(7)35-24-45(23-34-28(5)38(34)35)31(8)39(40(10,11)12)44-32(9)43-36(21-20-26(3)46-13)33-18-16-15-17-19-33;1-2/h25,28,33-39,42-44H,3-4,6-9,14-24,41H2,1-2,5,10-13H3;1-2H3/t25?,28?,34-,35?,36?,37?,38+,39?;/m1./s1. The molecule has 3 rings (SSSR count). The Labute approximate surface area is 296 Å². The lowest BCUT2D eigenvalue weighted by Gasteiger charge is -2.44. The lowest BCUT2D eigenvalue weighted by molar-refractivity contribution is 0.177. The van der Waals surface area contributed by atoms with Gasteiger partial charge in [0.1, 0.15) is 0 Å². The van der Waals surface area contributed by atoms with E-state index in [-0.39, 0.29) is 17.5 Å². The molecule has 0 aromatic heterocycles. The number of rotatable bonds is 19. The second-order valence-corrected chi connectivity index (χ2v) is 16.0. The van der Waals surface area contributed by atoms with Gasteiger partial charge in [0.2, 0.25) is 0 Å². The molecule has 5 N–H and O–H groups in total. The van der Waals surface area contributed by atoms with Gasteiger partial charge in [0.25, 0.3) is 0 Å². The number of allylic oxidation sites excluding steroid dienone is 1. The average Bonchev–Trinajstić information content (AvgIpc) is 3.73. The monoisotopic (exact) mass is 666 g/mol. The fourth-order valence-corrected chi connectivity index (χ4v) is 8.01. The lowest BCUT2D eigenvalue weighted by atomic mass is 9.82. The van der Waals surface area contributed by atoms with Gasteiger partial charge in [-0.2, -0.15) is 0 Å². The van der Waals surface area contributed by atoms with Gasteiger partial charge in [0.05, 0.1) is 30.8 Å². The minimum Gasteiger partial charge on any atom is -0.502 e. The number of nitrogens with two attached hydrogens (primary N) is 1. The van der Waals surface area contributed by atoms with Crippen LogP contribution in [0.15, 0.2) is 73.7 Å². The molecular formula is C42H75N5O. The summed E-state index contributed by atoms with van der Waals surface area (Å²) in [6, 6.07) is 0.410. The highest BCUT2D eigenvalue weighted by Crippen LogP contribution is 2.56. The van der Waals surface area contributed by atoms with Gasteiger partial charge in [0, 0.05) is 48.6 Å². The van der Waals surface area contributed by atoms with E-state index in [1.807, 2.05) is 13.8 Å². The second kappa shape index (κ2) is 18.9. The highest BCUT2D eigenvalue weighted by molar-refractivity contribution is 5.30. The van der Waals surface area contributed by atoms with Crippen molar-refractivity contribution in [3.63, 3.8) is 0 Å². The zero-order valence-corrected chi connectivity index (χ0v) is 32.6. The van der Waals surface area contributed by atoms with Crippen LogP contribution in [-0.2, 0) is 4.74 Å². The molecule has 0 amide bonds. The summed E-state index contributed by atoms with van der Waals surface area (Å²) in [5.74, 6) is 5.18. The van der Waals surface area contributed by atoms with Crippen LogP contribution in [0.25, 0.3) is 0 Å². The van der Waals surface area contributed by atoms with E-state index in [1.54, 1.807) is 7.11 Å². The Hall–Kier alpha value is -2.76. The maximum Gasteiger partial charge on any atom is 0.0920 e. The van der Waals surface area contributed by atoms with E-state index >= 15 is 0 Å². The van der Waals surface area contributed by atoms with Crippen molar-refractivity contribution < 1.29 is 4.74 Å². The molecule has 1 aliphatic heterocycles. The molecule has 1 saturated heterocycles. The largest absolute Gasteiger partial charge is 0.502 e. The van der Waals surface area contributed by atoms with Crippen LogP contribution >= 0.6 is 0 Å². The number of likely N-dealkylation sites (tertiary alicyclic amines) is 1. The molecule has 3 aliphatic rings. The van der Waals surface area contributed by atoms with Crippen LogP contribution in [-0.4, -0.2) is 43.2 Å². The van der Waals surface area contributed by atoms with Crippen LogP contribution in [0.3, 0.4) is 0 Å². The average molecular weight is 666 g/mol. The van der Waals surface area contributed by atoms with Crippen LogP contribution in [0.1, 0.15) is 113 Å². The zero-order chi connectivity index (χ0) is 36.3. The minimum atomic E-state index is -0.0657. The van der Waals surface area contributed by atoms with Crippen LogP contribution in [0, 0.1) is 40.9 Å². The van der Waals surface area contributed by atoms with E-state index in [0.717, 1.165) is 67.3 Å². The summed E-state index contributed by atoms with van der Waals surface area (Å²) in [5.41, 5.74) is 9.71. The van der Waals surface area contributed by atoms with Crippen LogP contribution in [0.5, 0.6) is 0 Å². The summed E-state index contributed by atoms with van der Waals surface area (Å²) in [6.45, 7) is 46.0. The Bertz CT molecular complexity index is 1110. The van der Waals surface area contributed by atoms with Crippen molar-refractivity contribution in [3.05, 3.63) is 73.7 Å². The van der Waals surface area contributed by atoms with Crippen LogP contribution in [0.2, 0.25) is 0 Å². The molecule has 0 aromatic carbocycles. The molecule has 8 atom stereocenters. The number of methoxy groups -OCH3 is 1. The zero-order valence-electron chi connectivity index (χ0n) is 32.6. The highest BCUT2D eigenvalue weighted by atomic mass is 16.5. The van der Waals surface area contributed by atoms with Crippen molar-refractivity contribution in [2.24, 2.45) is 46.7 Å². The molecule has 0 radical (unpaired) electrons. The quantitative estimate of drug-likeness (QED) is 0.0815. The van der Waals surface area contributed by atoms with Gasteiger partial charge in [-0.3, -0.25) is 0 Å². The first-order chi connectivity index (χ1) is 22.6. The van der Waals surface area contributed by atoms with Gasteiger partial charge in [0.15, 0.2) is 0 Å². The molecular weight excluding hydrogens is 590 g/mol.